The first-order valence-electron chi connectivity index (χ1n) is 7.45. The molecule has 1 fully saturated rings. The van der Waals surface area contributed by atoms with Gasteiger partial charge in [0.2, 0.25) is 10.0 Å². The lowest BCUT2D eigenvalue weighted by atomic mass is 10.0. The van der Waals surface area contributed by atoms with Gasteiger partial charge in [0, 0.05) is 12.6 Å². The quantitative estimate of drug-likeness (QED) is 0.849. The van der Waals surface area contributed by atoms with Crippen LogP contribution in [0.15, 0.2) is 29.2 Å². The Kier molecular flexibility index (Phi) is 4.21. The fourth-order valence-corrected chi connectivity index (χ4v) is 4.30. The van der Waals surface area contributed by atoms with E-state index in [2.05, 4.69) is 37.7 Å². The summed E-state index contributed by atoms with van der Waals surface area (Å²) in [7, 11) is -3.45. The molecule has 0 spiro atoms. The van der Waals surface area contributed by atoms with Gasteiger partial charge in [-0.05, 0) is 35.1 Å². The number of benzene rings is 1. The predicted octanol–water partition coefficient (Wildman–Crippen LogP) is 2.51. The van der Waals surface area contributed by atoms with E-state index in [9.17, 15) is 8.42 Å². The Morgan fingerprint density at radius 3 is 2.00 bits per heavy atom. The predicted molar refractivity (Wildman–Crippen MR) is 85.5 cm³/mol. The summed E-state index contributed by atoms with van der Waals surface area (Å²) in [6.45, 7) is 12.1. The van der Waals surface area contributed by atoms with Crippen molar-refractivity contribution in [2.24, 2.45) is 10.8 Å². The second-order valence-electron chi connectivity index (χ2n) is 6.92. The summed E-state index contributed by atoms with van der Waals surface area (Å²) < 4.78 is 27.8. The van der Waals surface area contributed by atoms with Crippen LogP contribution in [0.2, 0.25) is 0 Å². The van der Waals surface area contributed by atoms with Gasteiger partial charge in [0.25, 0.3) is 0 Å². The third-order valence-electron chi connectivity index (χ3n) is 5.11. The van der Waals surface area contributed by atoms with Crippen molar-refractivity contribution < 1.29 is 8.42 Å². The zero-order valence-electron chi connectivity index (χ0n) is 13.5. The van der Waals surface area contributed by atoms with Crippen LogP contribution in [0.5, 0.6) is 0 Å². The highest BCUT2D eigenvalue weighted by atomic mass is 32.2. The lowest BCUT2D eigenvalue weighted by molar-refractivity contribution is 0.457. The minimum Gasteiger partial charge on any atom is -0.313 e. The standard InChI is InChI=1S/C16H26N2O2S/c1-6-17-11-12-7-9-13(10-8-12)21(19,20)18-14-15(2,3)16(14,4)5/h7-10,14,17-18H,6,11H2,1-5H3. The van der Waals surface area contributed by atoms with Gasteiger partial charge in [0.15, 0.2) is 0 Å². The molecule has 0 aromatic heterocycles. The average molecular weight is 310 g/mol. The highest BCUT2D eigenvalue weighted by Crippen LogP contribution is 2.62. The molecule has 1 aliphatic rings. The van der Waals surface area contributed by atoms with Gasteiger partial charge in [-0.15, -0.1) is 0 Å². The van der Waals surface area contributed by atoms with E-state index in [0.29, 0.717) is 4.90 Å². The van der Waals surface area contributed by atoms with Crippen molar-refractivity contribution in [2.45, 2.75) is 52.1 Å². The highest BCUT2D eigenvalue weighted by molar-refractivity contribution is 7.89. The first kappa shape index (κ1) is 16.5. The van der Waals surface area contributed by atoms with Crippen molar-refractivity contribution in [3.05, 3.63) is 29.8 Å². The molecule has 0 amide bonds. The van der Waals surface area contributed by atoms with Crippen LogP contribution in [0, 0.1) is 10.8 Å². The Labute approximate surface area is 128 Å². The molecule has 4 nitrogen and oxygen atoms in total. The zero-order valence-corrected chi connectivity index (χ0v) is 14.3. The lowest BCUT2D eigenvalue weighted by Crippen LogP contribution is -2.29. The molecule has 1 aromatic rings. The molecule has 0 heterocycles. The second-order valence-corrected chi connectivity index (χ2v) is 8.64. The largest absolute Gasteiger partial charge is 0.313 e. The van der Waals surface area contributed by atoms with Gasteiger partial charge in [0.1, 0.15) is 0 Å². The van der Waals surface area contributed by atoms with Gasteiger partial charge in [-0.1, -0.05) is 46.8 Å². The molecule has 0 aliphatic heterocycles. The topological polar surface area (TPSA) is 58.2 Å². The first-order valence-corrected chi connectivity index (χ1v) is 8.93. The number of nitrogens with one attached hydrogen (secondary N) is 2. The van der Waals surface area contributed by atoms with E-state index in [0.717, 1.165) is 18.7 Å². The molecule has 0 bridgehead atoms. The maximum absolute atomic E-state index is 12.5. The van der Waals surface area contributed by atoms with E-state index in [1.807, 2.05) is 19.1 Å². The van der Waals surface area contributed by atoms with E-state index < -0.39 is 10.0 Å². The summed E-state index contributed by atoms with van der Waals surface area (Å²) in [6, 6.07) is 7.06. The van der Waals surface area contributed by atoms with Crippen molar-refractivity contribution >= 4 is 10.0 Å². The van der Waals surface area contributed by atoms with Gasteiger partial charge in [-0.2, -0.15) is 0 Å². The maximum Gasteiger partial charge on any atom is 0.240 e. The summed E-state index contributed by atoms with van der Waals surface area (Å²) in [4.78, 5) is 0.334. The Bertz CT molecular complexity index is 590. The molecule has 118 valence electrons. The Morgan fingerprint density at radius 2 is 1.57 bits per heavy atom. The Hall–Kier alpha value is -0.910. The molecule has 21 heavy (non-hydrogen) atoms. The van der Waals surface area contributed by atoms with Gasteiger partial charge in [0.05, 0.1) is 4.90 Å². The fourth-order valence-electron chi connectivity index (χ4n) is 2.77. The molecule has 5 heteroatoms. The summed E-state index contributed by atoms with van der Waals surface area (Å²) >= 11 is 0. The zero-order chi connectivity index (χ0) is 15.9. The summed E-state index contributed by atoms with van der Waals surface area (Å²) in [5.74, 6) is 0. The molecular weight excluding hydrogens is 284 g/mol. The summed E-state index contributed by atoms with van der Waals surface area (Å²) in [5.41, 5.74) is 1.07. The van der Waals surface area contributed by atoms with Crippen LogP contribution in [-0.4, -0.2) is 21.0 Å². The van der Waals surface area contributed by atoms with Crippen LogP contribution in [0.3, 0.4) is 0 Å². The molecule has 2 N–H and O–H groups in total. The van der Waals surface area contributed by atoms with E-state index in [-0.39, 0.29) is 16.9 Å². The Balaban J connectivity index is 2.10. The lowest BCUT2D eigenvalue weighted by Gasteiger charge is -2.09. The number of hydrogen-bond acceptors (Lipinski definition) is 3. The van der Waals surface area contributed by atoms with E-state index >= 15 is 0 Å². The van der Waals surface area contributed by atoms with Crippen LogP contribution in [-0.2, 0) is 16.6 Å². The minimum atomic E-state index is -3.45. The van der Waals surface area contributed by atoms with E-state index in [4.69, 9.17) is 0 Å². The van der Waals surface area contributed by atoms with Gasteiger partial charge < -0.3 is 5.32 Å². The third-order valence-corrected chi connectivity index (χ3v) is 6.55. The van der Waals surface area contributed by atoms with E-state index in [1.54, 1.807) is 12.1 Å². The average Bonchev–Trinajstić information content (AvgIpc) is 2.79. The number of rotatable bonds is 6. The van der Waals surface area contributed by atoms with Crippen molar-refractivity contribution in [3.8, 4) is 0 Å². The fraction of sp³-hybridized carbons (Fsp3) is 0.625. The SMILES string of the molecule is CCNCc1ccc(S(=O)(=O)NC2C(C)(C)C2(C)C)cc1. The number of sulfonamides is 1. The molecule has 0 saturated heterocycles. The second kappa shape index (κ2) is 5.38. The first-order chi connectivity index (χ1) is 9.63. The van der Waals surface area contributed by atoms with Crippen LogP contribution < -0.4 is 10.0 Å². The van der Waals surface area contributed by atoms with Crippen LogP contribution in [0.1, 0.15) is 40.2 Å². The van der Waals surface area contributed by atoms with E-state index in [1.165, 1.54) is 0 Å². The molecule has 1 aromatic carbocycles. The highest BCUT2D eigenvalue weighted by Gasteiger charge is 2.65. The van der Waals surface area contributed by atoms with Crippen molar-refractivity contribution in [1.29, 1.82) is 0 Å². The van der Waals surface area contributed by atoms with Crippen LogP contribution >= 0.6 is 0 Å². The van der Waals surface area contributed by atoms with Crippen LogP contribution in [0.4, 0.5) is 0 Å². The summed E-state index contributed by atoms with van der Waals surface area (Å²) in [6.07, 6.45) is 0. The Morgan fingerprint density at radius 1 is 1.05 bits per heavy atom. The van der Waals surface area contributed by atoms with Crippen molar-refractivity contribution in [2.75, 3.05) is 6.54 Å². The minimum absolute atomic E-state index is 0.00887. The smallest absolute Gasteiger partial charge is 0.240 e. The molecule has 1 saturated carbocycles. The molecule has 1 aliphatic carbocycles. The van der Waals surface area contributed by atoms with Crippen LogP contribution in [0.25, 0.3) is 0 Å². The molecule has 0 unspecified atom stereocenters. The third kappa shape index (κ3) is 3.00. The molecule has 0 atom stereocenters. The molecular formula is C16H26N2O2S. The normalized spacial score (nSPS) is 20.4. The van der Waals surface area contributed by atoms with Gasteiger partial charge in [-0.25, -0.2) is 13.1 Å². The van der Waals surface area contributed by atoms with Gasteiger partial charge >= 0.3 is 0 Å². The van der Waals surface area contributed by atoms with Gasteiger partial charge in [-0.3, -0.25) is 0 Å². The number of hydrogen-bond donors (Lipinski definition) is 2. The van der Waals surface area contributed by atoms with Crippen molar-refractivity contribution in [3.63, 3.8) is 0 Å². The maximum atomic E-state index is 12.5. The summed E-state index contributed by atoms with van der Waals surface area (Å²) in [5, 5.41) is 3.22. The monoisotopic (exact) mass is 310 g/mol. The molecule has 0 radical (unpaired) electrons. The molecule has 2 rings (SSSR count). The van der Waals surface area contributed by atoms with Crippen molar-refractivity contribution in [1.82, 2.24) is 10.0 Å².